The Morgan fingerprint density at radius 3 is 2.64 bits per heavy atom. The van der Waals surface area contributed by atoms with E-state index >= 15 is 0 Å². The average molecular weight is 488 g/mol. The van der Waals surface area contributed by atoms with Crippen LogP contribution in [0.4, 0.5) is 16.2 Å². The summed E-state index contributed by atoms with van der Waals surface area (Å²) in [5.74, 6) is 1.70. The van der Waals surface area contributed by atoms with Crippen molar-refractivity contribution in [1.29, 1.82) is 0 Å². The topological polar surface area (TPSA) is 89.1 Å². The molecule has 5 rings (SSSR count). The molecule has 1 unspecified atom stereocenters. The molecular formula is C28H29N3O5. The molecule has 0 saturated carbocycles. The van der Waals surface area contributed by atoms with E-state index in [1.807, 2.05) is 67.6 Å². The number of likely N-dealkylation sites (tertiary alicyclic amines) is 1. The normalized spacial score (nSPS) is 16.4. The van der Waals surface area contributed by atoms with Crippen molar-refractivity contribution in [3.05, 3.63) is 77.9 Å². The molecule has 0 spiro atoms. The van der Waals surface area contributed by atoms with Crippen molar-refractivity contribution in [3.8, 4) is 17.2 Å². The molecule has 2 aliphatic rings. The summed E-state index contributed by atoms with van der Waals surface area (Å²) in [4.78, 5) is 27.5. The molecule has 3 aromatic rings. The highest BCUT2D eigenvalue weighted by atomic mass is 16.7. The molecule has 8 heteroatoms. The number of hydrogen-bond acceptors (Lipinski definition) is 5. The molecule has 0 bridgehead atoms. The molecule has 3 aromatic carbocycles. The zero-order valence-electron chi connectivity index (χ0n) is 20.2. The van der Waals surface area contributed by atoms with Crippen LogP contribution in [0.15, 0.2) is 66.7 Å². The summed E-state index contributed by atoms with van der Waals surface area (Å²) < 4.78 is 16.6. The van der Waals surface area contributed by atoms with Crippen LogP contribution in [0, 0.1) is 12.8 Å². The summed E-state index contributed by atoms with van der Waals surface area (Å²) in [7, 11) is 0. The Hall–Kier alpha value is -4.20. The summed E-state index contributed by atoms with van der Waals surface area (Å²) in [5.41, 5.74) is 3.46. The number of ether oxygens (including phenoxy) is 3. The molecule has 186 valence electrons. The van der Waals surface area contributed by atoms with Crippen molar-refractivity contribution in [1.82, 2.24) is 4.90 Å². The van der Waals surface area contributed by atoms with E-state index in [-0.39, 0.29) is 24.6 Å². The number of carbonyl (C=O) groups is 2. The van der Waals surface area contributed by atoms with Crippen LogP contribution in [0.2, 0.25) is 0 Å². The highest BCUT2D eigenvalue weighted by molar-refractivity contribution is 5.94. The van der Waals surface area contributed by atoms with Crippen LogP contribution in [0.25, 0.3) is 0 Å². The maximum absolute atomic E-state index is 13.0. The molecule has 2 heterocycles. The molecular weight excluding hydrogens is 458 g/mol. The van der Waals surface area contributed by atoms with Crippen LogP contribution in [-0.4, -0.2) is 36.7 Å². The molecule has 3 amide bonds. The molecule has 8 nitrogen and oxygen atoms in total. The quantitative estimate of drug-likeness (QED) is 0.500. The summed E-state index contributed by atoms with van der Waals surface area (Å²) >= 11 is 0. The number of piperidine rings is 1. The molecule has 1 atom stereocenters. The fraction of sp³-hybridized carbons (Fsp3) is 0.286. The van der Waals surface area contributed by atoms with E-state index in [0.29, 0.717) is 42.6 Å². The summed E-state index contributed by atoms with van der Waals surface area (Å²) in [6, 6.07) is 20.5. The van der Waals surface area contributed by atoms with Crippen molar-refractivity contribution in [2.45, 2.75) is 26.4 Å². The molecule has 1 fully saturated rings. The second kappa shape index (κ2) is 10.6. The number of rotatable bonds is 6. The van der Waals surface area contributed by atoms with Gasteiger partial charge in [0.05, 0.1) is 5.92 Å². The van der Waals surface area contributed by atoms with E-state index in [2.05, 4.69) is 10.6 Å². The van der Waals surface area contributed by atoms with Crippen LogP contribution >= 0.6 is 0 Å². The summed E-state index contributed by atoms with van der Waals surface area (Å²) in [6.07, 6.45) is 1.52. The van der Waals surface area contributed by atoms with Crippen molar-refractivity contribution in [3.63, 3.8) is 0 Å². The fourth-order valence-corrected chi connectivity index (χ4v) is 4.42. The first-order valence-electron chi connectivity index (χ1n) is 12.1. The molecule has 2 aliphatic heterocycles. The number of hydrogen-bond donors (Lipinski definition) is 2. The number of carbonyl (C=O) groups excluding carboxylic acids is 2. The minimum absolute atomic E-state index is 0.0862. The van der Waals surface area contributed by atoms with E-state index in [0.717, 1.165) is 29.7 Å². The number of fused-ring (bicyclic) bond motifs is 1. The Balaban J connectivity index is 1.15. The predicted octanol–water partition coefficient (Wildman–Crippen LogP) is 5.19. The van der Waals surface area contributed by atoms with Gasteiger partial charge in [-0.15, -0.1) is 0 Å². The first kappa shape index (κ1) is 23.5. The van der Waals surface area contributed by atoms with E-state index in [1.54, 1.807) is 11.0 Å². The predicted molar refractivity (Wildman–Crippen MR) is 136 cm³/mol. The number of benzene rings is 3. The minimum atomic E-state index is -0.268. The molecule has 0 aromatic heterocycles. The van der Waals surface area contributed by atoms with E-state index in [4.69, 9.17) is 14.2 Å². The monoisotopic (exact) mass is 487 g/mol. The Kier molecular flexibility index (Phi) is 6.93. The van der Waals surface area contributed by atoms with Crippen molar-refractivity contribution in [2.24, 2.45) is 5.92 Å². The second-order valence-corrected chi connectivity index (χ2v) is 9.08. The highest BCUT2D eigenvalue weighted by Crippen LogP contribution is 2.35. The number of nitrogens with one attached hydrogen (secondary N) is 2. The summed E-state index contributed by atoms with van der Waals surface area (Å²) in [6.45, 7) is 3.57. The van der Waals surface area contributed by atoms with Gasteiger partial charge in [0.2, 0.25) is 12.7 Å². The molecule has 36 heavy (non-hydrogen) atoms. The average Bonchev–Trinajstić information content (AvgIpc) is 3.36. The molecule has 0 aliphatic carbocycles. The number of anilines is 2. The van der Waals surface area contributed by atoms with Gasteiger partial charge in [-0.05, 0) is 67.3 Å². The lowest BCUT2D eigenvalue weighted by Crippen LogP contribution is -2.45. The van der Waals surface area contributed by atoms with Gasteiger partial charge in [-0.3, -0.25) is 4.79 Å². The van der Waals surface area contributed by atoms with Gasteiger partial charge in [0.15, 0.2) is 11.5 Å². The first-order valence-corrected chi connectivity index (χ1v) is 12.1. The second-order valence-electron chi connectivity index (χ2n) is 9.08. The molecule has 2 N–H and O–H groups in total. The van der Waals surface area contributed by atoms with Crippen molar-refractivity contribution in [2.75, 3.05) is 30.5 Å². The Labute approximate surface area is 210 Å². The Morgan fingerprint density at radius 2 is 1.78 bits per heavy atom. The van der Waals surface area contributed by atoms with Crippen molar-refractivity contribution >= 4 is 23.3 Å². The largest absolute Gasteiger partial charge is 0.489 e. The maximum Gasteiger partial charge on any atom is 0.321 e. The Bertz CT molecular complexity index is 1260. The van der Waals surface area contributed by atoms with Gasteiger partial charge >= 0.3 is 6.03 Å². The van der Waals surface area contributed by atoms with Gasteiger partial charge in [-0.25, -0.2) is 4.79 Å². The highest BCUT2D eigenvalue weighted by Gasteiger charge is 2.28. The lowest BCUT2D eigenvalue weighted by atomic mass is 9.97. The summed E-state index contributed by atoms with van der Waals surface area (Å²) in [5, 5.41) is 5.95. The van der Waals surface area contributed by atoms with Gasteiger partial charge in [0.25, 0.3) is 0 Å². The third kappa shape index (κ3) is 5.71. The first-order chi connectivity index (χ1) is 17.5. The third-order valence-electron chi connectivity index (χ3n) is 6.29. The van der Waals surface area contributed by atoms with Crippen molar-refractivity contribution < 1.29 is 23.8 Å². The van der Waals surface area contributed by atoms with E-state index in [1.165, 1.54) is 0 Å². The number of amides is 3. The minimum Gasteiger partial charge on any atom is -0.489 e. The van der Waals surface area contributed by atoms with Gasteiger partial charge < -0.3 is 29.7 Å². The van der Waals surface area contributed by atoms with E-state index in [9.17, 15) is 9.59 Å². The number of aryl methyl sites for hydroxylation is 1. The van der Waals surface area contributed by atoms with Crippen LogP contribution < -0.4 is 24.8 Å². The van der Waals surface area contributed by atoms with Gasteiger partial charge in [-0.1, -0.05) is 24.3 Å². The SMILES string of the molecule is Cc1cccc(NC(=O)N2CCCC(C(=O)Nc3cccc(COc4ccc5c(c4)OCO5)c3)C2)c1. The zero-order valence-corrected chi connectivity index (χ0v) is 20.2. The van der Waals surface area contributed by atoms with Crippen LogP contribution in [0.5, 0.6) is 17.2 Å². The van der Waals surface area contributed by atoms with Crippen LogP contribution in [-0.2, 0) is 11.4 Å². The Morgan fingerprint density at radius 1 is 0.972 bits per heavy atom. The third-order valence-corrected chi connectivity index (χ3v) is 6.29. The van der Waals surface area contributed by atoms with Gasteiger partial charge in [0.1, 0.15) is 12.4 Å². The van der Waals surface area contributed by atoms with Gasteiger partial charge in [-0.2, -0.15) is 0 Å². The van der Waals surface area contributed by atoms with Crippen LogP contribution in [0.1, 0.15) is 24.0 Å². The zero-order chi connectivity index (χ0) is 24.9. The standard InChI is InChI=1S/C28H29N3O5/c1-19-5-2-8-22(13-19)30-28(33)31-12-4-7-21(16-31)27(32)29-23-9-3-6-20(14-23)17-34-24-10-11-25-26(15-24)36-18-35-25/h2-3,5-6,8-11,13-15,21H,4,7,12,16-18H2,1H3,(H,29,32)(H,30,33). The van der Waals surface area contributed by atoms with Gasteiger partial charge in [0, 0.05) is 30.5 Å². The molecule has 1 saturated heterocycles. The fourth-order valence-electron chi connectivity index (χ4n) is 4.42. The lowest BCUT2D eigenvalue weighted by Gasteiger charge is -2.32. The van der Waals surface area contributed by atoms with E-state index < -0.39 is 0 Å². The molecule has 0 radical (unpaired) electrons. The number of nitrogens with zero attached hydrogens (tertiary/aromatic N) is 1. The lowest BCUT2D eigenvalue weighted by molar-refractivity contribution is -0.121. The van der Waals surface area contributed by atoms with Crippen LogP contribution in [0.3, 0.4) is 0 Å². The maximum atomic E-state index is 13.0. The number of urea groups is 1. The smallest absolute Gasteiger partial charge is 0.321 e.